The maximum Gasteiger partial charge on any atom is 0.331 e. The number of hydrogen-bond donors (Lipinski definition) is 0. The number of fused-ring (bicyclic) bond motifs is 3. The number of furan rings is 1. The number of Topliss-reactive ketones (excluding diaryl/α,β-unsaturated/α-hetero) is 1. The van der Waals surface area contributed by atoms with Crippen LogP contribution in [0.2, 0.25) is 0 Å². The molecule has 40 heavy (non-hydrogen) atoms. The average Bonchev–Trinajstić information content (AvgIpc) is 3.48. The summed E-state index contributed by atoms with van der Waals surface area (Å²) in [6, 6.07) is 8.92. The number of rotatable bonds is 6. The SMILES string of the molecule is COC(=O)[C@@H]1C[C@H](OC(=O)/C=C/c2ccccc2OC)C(=O)[C@H]2[C@@]1(C)CC[C@H]1C(=O)O[C@@H](c3ccoc3)C[C@]21C. The quantitative estimate of drug-likeness (QED) is 0.286. The van der Waals surface area contributed by atoms with Crippen LogP contribution < -0.4 is 4.74 Å². The molecular weight excluding hydrogens is 516 g/mol. The summed E-state index contributed by atoms with van der Waals surface area (Å²) < 4.78 is 27.2. The van der Waals surface area contributed by atoms with Crippen LogP contribution in [0.5, 0.6) is 5.75 Å². The Morgan fingerprint density at radius 1 is 1.07 bits per heavy atom. The van der Waals surface area contributed by atoms with Gasteiger partial charge in [0, 0.05) is 29.5 Å². The van der Waals surface area contributed by atoms with Gasteiger partial charge in [0.15, 0.2) is 11.9 Å². The lowest BCUT2D eigenvalue weighted by molar-refractivity contribution is -0.210. The number of ketones is 1. The standard InChI is InChI=1S/C31H34O9/c1-30-13-11-20-29(35)40-24(19-12-14-38-17-19)16-31(20,2)27(30)26(33)23(15-21(30)28(34)37-4)39-25(32)10-9-18-7-5-6-8-22(18)36-3/h5-10,12,14,17,20-21,23-24,27H,11,13,15-16H2,1-4H3/b10-9+/t20-,21-,23-,24+,27-,30-,31-/m0/s1. The van der Waals surface area contributed by atoms with Crippen molar-refractivity contribution in [2.45, 2.75) is 51.7 Å². The minimum atomic E-state index is -1.17. The summed E-state index contributed by atoms with van der Waals surface area (Å²) in [6.07, 6.45) is 5.41. The van der Waals surface area contributed by atoms with Crippen molar-refractivity contribution in [1.82, 2.24) is 0 Å². The molecule has 2 aromatic rings. The van der Waals surface area contributed by atoms with Gasteiger partial charge in [-0.2, -0.15) is 0 Å². The van der Waals surface area contributed by atoms with Crippen molar-refractivity contribution in [3.63, 3.8) is 0 Å². The molecule has 1 saturated heterocycles. The van der Waals surface area contributed by atoms with E-state index in [9.17, 15) is 19.2 Å². The molecular formula is C31H34O9. The molecule has 2 saturated carbocycles. The molecule has 0 spiro atoms. The summed E-state index contributed by atoms with van der Waals surface area (Å²) in [5.74, 6) is -3.21. The average molecular weight is 551 g/mol. The number of benzene rings is 1. The van der Waals surface area contributed by atoms with E-state index in [4.69, 9.17) is 23.4 Å². The number of carbonyl (C=O) groups is 4. The molecule has 1 aliphatic heterocycles. The number of carbonyl (C=O) groups excluding carboxylic acids is 4. The molecule has 212 valence electrons. The first-order chi connectivity index (χ1) is 19.1. The number of esters is 3. The lowest BCUT2D eigenvalue weighted by Gasteiger charge is -2.60. The molecule has 2 aliphatic carbocycles. The van der Waals surface area contributed by atoms with E-state index in [2.05, 4.69) is 0 Å². The highest BCUT2D eigenvalue weighted by Gasteiger charge is 2.67. The third kappa shape index (κ3) is 4.61. The molecule has 2 heterocycles. The zero-order valence-corrected chi connectivity index (χ0v) is 23.1. The highest BCUT2D eigenvalue weighted by Crippen LogP contribution is 2.65. The first-order valence-electron chi connectivity index (χ1n) is 13.5. The summed E-state index contributed by atoms with van der Waals surface area (Å²) in [6.45, 7) is 3.84. The van der Waals surface area contributed by atoms with E-state index < -0.39 is 52.7 Å². The van der Waals surface area contributed by atoms with Crippen LogP contribution in [0.1, 0.15) is 56.8 Å². The van der Waals surface area contributed by atoms with Crippen LogP contribution in [0.4, 0.5) is 0 Å². The minimum absolute atomic E-state index is 0.0170. The molecule has 3 aliphatic rings. The van der Waals surface area contributed by atoms with Crippen LogP contribution in [0.25, 0.3) is 6.08 Å². The maximum absolute atomic E-state index is 14.2. The number of methoxy groups -OCH3 is 2. The Morgan fingerprint density at radius 2 is 1.85 bits per heavy atom. The van der Waals surface area contributed by atoms with Gasteiger partial charge in [-0.25, -0.2) is 4.79 Å². The summed E-state index contributed by atoms with van der Waals surface area (Å²) in [5.41, 5.74) is -0.251. The topological polar surface area (TPSA) is 118 Å². The van der Waals surface area contributed by atoms with Crippen molar-refractivity contribution in [1.29, 1.82) is 0 Å². The first-order valence-corrected chi connectivity index (χ1v) is 13.5. The van der Waals surface area contributed by atoms with Crippen molar-refractivity contribution >= 4 is 29.8 Å². The van der Waals surface area contributed by atoms with Gasteiger partial charge in [0.25, 0.3) is 0 Å². The van der Waals surface area contributed by atoms with Gasteiger partial charge < -0.3 is 23.4 Å². The maximum atomic E-state index is 14.2. The van der Waals surface area contributed by atoms with Gasteiger partial charge in [0.05, 0.1) is 38.6 Å². The van der Waals surface area contributed by atoms with Gasteiger partial charge in [-0.1, -0.05) is 32.0 Å². The highest BCUT2D eigenvalue weighted by molar-refractivity contribution is 5.95. The lowest BCUT2D eigenvalue weighted by atomic mass is 9.43. The molecule has 5 rings (SSSR count). The Labute approximate surface area is 232 Å². The van der Waals surface area contributed by atoms with Crippen molar-refractivity contribution in [2.24, 2.45) is 28.6 Å². The van der Waals surface area contributed by atoms with Crippen molar-refractivity contribution in [2.75, 3.05) is 14.2 Å². The fourth-order valence-electron chi connectivity index (χ4n) is 7.40. The Morgan fingerprint density at radius 3 is 2.55 bits per heavy atom. The van der Waals surface area contributed by atoms with E-state index in [-0.39, 0.29) is 18.2 Å². The Balaban J connectivity index is 1.47. The smallest absolute Gasteiger partial charge is 0.331 e. The molecule has 0 radical (unpaired) electrons. The van der Waals surface area contributed by atoms with Crippen LogP contribution >= 0.6 is 0 Å². The van der Waals surface area contributed by atoms with Crippen LogP contribution in [-0.4, -0.2) is 44.0 Å². The second kappa shape index (κ2) is 10.6. The second-order valence-electron chi connectivity index (χ2n) is 11.4. The van der Waals surface area contributed by atoms with Crippen LogP contribution in [0.3, 0.4) is 0 Å². The molecule has 0 bridgehead atoms. The minimum Gasteiger partial charge on any atom is -0.496 e. The van der Waals surface area contributed by atoms with Gasteiger partial charge in [0.1, 0.15) is 11.9 Å². The van der Waals surface area contributed by atoms with Crippen molar-refractivity contribution < 1.29 is 42.5 Å². The van der Waals surface area contributed by atoms with E-state index in [0.717, 1.165) is 0 Å². The van der Waals surface area contributed by atoms with E-state index in [1.54, 1.807) is 24.3 Å². The summed E-state index contributed by atoms with van der Waals surface area (Å²) in [4.78, 5) is 53.6. The zero-order valence-electron chi connectivity index (χ0n) is 23.1. The fraction of sp³-hybridized carbons (Fsp3) is 0.484. The fourth-order valence-corrected chi connectivity index (χ4v) is 7.40. The van der Waals surface area contributed by atoms with Crippen LogP contribution in [0.15, 0.2) is 53.4 Å². The van der Waals surface area contributed by atoms with E-state index in [1.165, 1.54) is 32.8 Å². The van der Waals surface area contributed by atoms with Crippen molar-refractivity contribution in [3.05, 3.63) is 60.1 Å². The Bertz CT molecular complexity index is 1330. The largest absolute Gasteiger partial charge is 0.496 e. The molecule has 9 nitrogen and oxygen atoms in total. The van der Waals surface area contributed by atoms with Gasteiger partial charge in [0.2, 0.25) is 0 Å². The van der Waals surface area contributed by atoms with Gasteiger partial charge in [-0.15, -0.1) is 0 Å². The zero-order chi connectivity index (χ0) is 28.7. The van der Waals surface area contributed by atoms with Crippen molar-refractivity contribution in [3.8, 4) is 5.75 Å². The number of cyclic esters (lactones) is 1. The van der Waals surface area contributed by atoms with Crippen LogP contribution in [0, 0.1) is 28.6 Å². The summed E-state index contributed by atoms with van der Waals surface area (Å²) >= 11 is 0. The Hall–Kier alpha value is -3.88. The monoisotopic (exact) mass is 550 g/mol. The lowest BCUT2D eigenvalue weighted by Crippen LogP contribution is -2.64. The highest BCUT2D eigenvalue weighted by atomic mass is 16.6. The molecule has 0 N–H and O–H groups in total. The summed E-state index contributed by atoms with van der Waals surface area (Å²) in [5, 5.41) is 0. The number of hydrogen-bond acceptors (Lipinski definition) is 9. The Kier molecular flexibility index (Phi) is 7.33. The molecule has 0 amide bonds. The second-order valence-corrected chi connectivity index (χ2v) is 11.4. The van der Waals surface area contributed by atoms with Gasteiger partial charge in [-0.3, -0.25) is 14.4 Å². The van der Waals surface area contributed by atoms with Crippen LogP contribution in [-0.2, 0) is 33.4 Å². The molecule has 1 aromatic carbocycles. The van der Waals surface area contributed by atoms with Gasteiger partial charge >= 0.3 is 17.9 Å². The van der Waals surface area contributed by atoms with E-state index in [1.807, 2.05) is 26.0 Å². The third-order valence-electron chi connectivity index (χ3n) is 9.30. The summed E-state index contributed by atoms with van der Waals surface area (Å²) in [7, 11) is 2.85. The third-order valence-corrected chi connectivity index (χ3v) is 9.30. The molecule has 7 atom stereocenters. The molecule has 1 aromatic heterocycles. The number of ether oxygens (including phenoxy) is 4. The predicted molar refractivity (Wildman–Crippen MR) is 142 cm³/mol. The first kappa shape index (κ1) is 27.7. The van der Waals surface area contributed by atoms with Gasteiger partial charge in [-0.05, 0) is 48.3 Å². The predicted octanol–water partition coefficient (Wildman–Crippen LogP) is 4.70. The number of para-hydroxylation sites is 1. The molecule has 3 fully saturated rings. The van der Waals surface area contributed by atoms with E-state index in [0.29, 0.717) is 36.1 Å². The molecule has 9 heteroatoms. The van der Waals surface area contributed by atoms with E-state index >= 15 is 0 Å². The normalized spacial score (nSPS) is 33.5. The molecule has 0 unspecified atom stereocenters.